The fraction of sp³-hybridized carbons (Fsp3) is 0.235. The van der Waals surface area contributed by atoms with Crippen LogP contribution in [0.2, 0.25) is 0 Å². The molecule has 10 aromatic rings. The second kappa shape index (κ2) is 26.6. The van der Waals surface area contributed by atoms with E-state index in [4.69, 9.17) is 28.9 Å². The fourth-order valence-electron chi connectivity index (χ4n) is 12.1. The minimum Gasteiger partial charge on any atom is -0.490 e. The number of nitrogens with zero attached hydrogens (tertiary/aromatic N) is 5. The highest BCUT2D eigenvalue weighted by molar-refractivity contribution is 6.00. The van der Waals surface area contributed by atoms with Gasteiger partial charge in [0.2, 0.25) is 0 Å². The number of quaternary nitrogens is 3. The molecular formula is C81H86N7O4+3. The van der Waals surface area contributed by atoms with Crippen LogP contribution in [0.15, 0.2) is 194 Å². The maximum atomic E-state index is 6.76. The van der Waals surface area contributed by atoms with Crippen LogP contribution < -0.4 is 32.4 Å². The highest BCUT2D eigenvalue weighted by Gasteiger charge is 2.22. The van der Waals surface area contributed by atoms with Crippen molar-refractivity contribution in [3.05, 3.63) is 217 Å². The molecule has 0 amide bonds. The highest BCUT2D eigenvalue weighted by Crippen LogP contribution is 2.41. The molecule has 12 rings (SSSR count). The van der Waals surface area contributed by atoms with Crippen LogP contribution in [0.1, 0.15) is 81.6 Å². The molecule has 0 saturated carbocycles. The molecule has 11 nitrogen and oxygen atoms in total. The Morgan fingerprint density at radius 3 is 0.837 bits per heavy atom. The summed E-state index contributed by atoms with van der Waals surface area (Å²) in [7, 11) is 19.4. The van der Waals surface area contributed by atoms with E-state index in [1.807, 2.05) is 72.8 Å². The first-order valence-corrected chi connectivity index (χ1v) is 32.4. The summed E-state index contributed by atoms with van der Waals surface area (Å²) in [6.07, 6.45) is 16.7. The summed E-state index contributed by atoms with van der Waals surface area (Å²) in [5, 5.41) is 0. The predicted molar refractivity (Wildman–Crippen MR) is 387 cm³/mol. The summed E-state index contributed by atoms with van der Waals surface area (Å²) in [4.78, 5) is 19.2. The van der Waals surface area contributed by atoms with E-state index in [0.29, 0.717) is 13.4 Å². The molecule has 2 N–H and O–H groups in total. The molecule has 8 bridgehead atoms. The lowest BCUT2D eigenvalue weighted by Gasteiger charge is -2.23. The zero-order valence-electron chi connectivity index (χ0n) is 55.2. The van der Waals surface area contributed by atoms with E-state index in [9.17, 15) is 0 Å². The van der Waals surface area contributed by atoms with Crippen LogP contribution in [-0.2, 0) is 0 Å². The Labute approximate surface area is 543 Å². The molecule has 0 radical (unpaired) electrons. The van der Waals surface area contributed by atoms with Gasteiger partial charge < -0.3 is 28.9 Å². The van der Waals surface area contributed by atoms with Crippen LogP contribution in [-0.4, -0.2) is 89.5 Å². The largest absolute Gasteiger partial charge is 0.490 e. The highest BCUT2D eigenvalue weighted by atomic mass is 16.5. The first-order chi connectivity index (χ1) is 44.3. The van der Waals surface area contributed by atoms with Gasteiger partial charge in [0, 0.05) is 80.7 Å². The van der Waals surface area contributed by atoms with Crippen molar-refractivity contribution in [3.8, 4) is 84.8 Å². The van der Waals surface area contributed by atoms with Crippen molar-refractivity contribution in [2.24, 2.45) is 0 Å². The van der Waals surface area contributed by atoms with Crippen molar-refractivity contribution in [1.29, 1.82) is 0 Å². The van der Waals surface area contributed by atoms with Gasteiger partial charge in [-0.05, 0) is 175 Å². The van der Waals surface area contributed by atoms with E-state index in [0.717, 1.165) is 149 Å². The zero-order valence-corrected chi connectivity index (χ0v) is 55.2. The lowest BCUT2D eigenvalue weighted by Crippen LogP contribution is -2.34. The van der Waals surface area contributed by atoms with Gasteiger partial charge in [0.15, 0.2) is 0 Å². The van der Waals surface area contributed by atoms with E-state index in [-0.39, 0.29) is 6.10 Å². The van der Waals surface area contributed by atoms with E-state index in [1.165, 1.54) is 42.7 Å². The molecule has 1 atom stereocenters. The summed E-state index contributed by atoms with van der Waals surface area (Å²) < 4.78 is 28.3. The predicted octanol–water partition coefficient (Wildman–Crippen LogP) is 20.8. The third kappa shape index (κ3) is 14.4. The van der Waals surface area contributed by atoms with Gasteiger partial charge in [-0.15, -0.1) is 0 Å². The molecule has 11 heteroatoms. The van der Waals surface area contributed by atoms with Crippen LogP contribution in [0.4, 0.5) is 17.1 Å². The Kier molecular flexibility index (Phi) is 18.0. The summed E-state index contributed by atoms with van der Waals surface area (Å²) in [5.74, 6) is 5.38. The molecule has 92 heavy (non-hydrogen) atoms. The zero-order chi connectivity index (χ0) is 64.2. The topological polar surface area (TPSA) is 94.3 Å². The van der Waals surface area contributed by atoms with Crippen LogP contribution in [0.25, 0.3) is 90.9 Å². The van der Waals surface area contributed by atoms with Crippen molar-refractivity contribution >= 4 is 63.4 Å². The maximum Gasteiger partial charge on any atom is 0.132 e. The van der Waals surface area contributed by atoms with Crippen molar-refractivity contribution in [2.75, 3.05) is 63.4 Å². The minimum absolute atomic E-state index is 0.167. The quantitative estimate of drug-likeness (QED) is 0.0519. The number of nitrogens with one attached hydrogen (secondary N) is 2. The Balaban J connectivity index is 1.03. The van der Waals surface area contributed by atoms with Gasteiger partial charge >= 0.3 is 0 Å². The molecule has 466 valence electrons. The Morgan fingerprint density at radius 2 is 0.576 bits per heavy atom. The number of hydrogen-bond acceptors (Lipinski definition) is 6. The van der Waals surface area contributed by atoms with Gasteiger partial charge in [-0.1, -0.05) is 88.1 Å². The number of fused-ring (bicyclic) bond motifs is 8. The van der Waals surface area contributed by atoms with E-state index in [1.54, 1.807) is 0 Å². The number of unbranched alkanes of at least 4 members (excludes halogenated alkanes) is 3. The van der Waals surface area contributed by atoms with E-state index >= 15 is 0 Å². The lowest BCUT2D eigenvalue weighted by atomic mass is 10.0. The Hall–Kier alpha value is -9.78. The molecule has 2 aliphatic heterocycles. The number of benzene rings is 7. The second-order valence-corrected chi connectivity index (χ2v) is 26.8. The van der Waals surface area contributed by atoms with Gasteiger partial charge in [-0.3, -0.25) is 13.4 Å². The third-order valence-electron chi connectivity index (χ3n) is 17.2. The first-order valence-electron chi connectivity index (χ1n) is 32.4. The number of H-pyrrole nitrogens is 2. The van der Waals surface area contributed by atoms with Crippen LogP contribution in [0, 0.1) is 0 Å². The second-order valence-electron chi connectivity index (χ2n) is 26.8. The van der Waals surface area contributed by atoms with Gasteiger partial charge in [0.25, 0.3) is 0 Å². The molecule has 2 aliphatic rings. The Morgan fingerprint density at radius 1 is 0.304 bits per heavy atom. The number of ether oxygens (including phenoxy) is 4. The molecule has 0 spiro atoms. The molecule has 7 aromatic carbocycles. The third-order valence-corrected chi connectivity index (χ3v) is 17.2. The summed E-state index contributed by atoms with van der Waals surface area (Å²) >= 11 is 0. The summed E-state index contributed by atoms with van der Waals surface area (Å²) in [6, 6.07) is 67.1. The van der Waals surface area contributed by atoms with E-state index in [2.05, 4.69) is 233 Å². The van der Waals surface area contributed by atoms with Crippen molar-refractivity contribution in [3.63, 3.8) is 0 Å². The molecule has 1 unspecified atom stereocenters. The van der Waals surface area contributed by atoms with Crippen molar-refractivity contribution in [2.45, 2.75) is 64.9 Å². The number of rotatable bonds is 22. The summed E-state index contributed by atoms with van der Waals surface area (Å²) in [6.45, 7) is 4.50. The minimum atomic E-state index is 0.167. The van der Waals surface area contributed by atoms with Crippen molar-refractivity contribution < 1.29 is 18.9 Å². The van der Waals surface area contributed by atoms with Gasteiger partial charge in [0.1, 0.15) is 57.3 Å². The monoisotopic (exact) mass is 1220 g/mol. The molecule has 0 aliphatic carbocycles. The Bertz CT molecular complexity index is 4350. The normalized spacial score (nSPS) is 12.7. The lowest BCUT2D eigenvalue weighted by molar-refractivity contribution is 0.176. The smallest absolute Gasteiger partial charge is 0.132 e. The first kappa shape index (κ1) is 62.4. The van der Waals surface area contributed by atoms with Crippen molar-refractivity contribution in [1.82, 2.24) is 33.4 Å². The van der Waals surface area contributed by atoms with E-state index < -0.39 is 0 Å². The number of aromatic amines is 2. The number of aromatic nitrogens is 4. The maximum absolute atomic E-state index is 6.76. The van der Waals surface area contributed by atoms with Gasteiger partial charge in [-0.2, -0.15) is 0 Å². The van der Waals surface area contributed by atoms with Gasteiger partial charge in [0.05, 0.1) is 92.3 Å². The average Bonchev–Trinajstić information content (AvgIpc) is 1.62. The molecule has 3 aromatic heterocycles. The van der Waals surface area contributed by atoms with Crippen LogP contribution >= 0.6 is 0 Å². The standard InChI is InChI=1S/C81H86N7O4/c1-12-14-15-16-18-62(17-13-2)89-63-33-19-55(20-34-63)78-70-47-49-72(82-70)79(56-21-35-64(36-22-56)90-67-41-27-59(28-42-67)86(3,4)5)74-51-53-76(84-74)81(58-25-39-66(40-26-58)92-69-45-31-61(32-46-69)88(9,10)11)77-54-52-75(85-77)80(73-50-48-71(78)83-73)57-23-37-65(38-24-57)91-68-43-29-60(30-44-68)87(6,7)8/h19-54,62,82,85H,12-18H2,1-11H3/q+3. The number of hydrogen-bond donors (Lipinski definition) is 2. The molecule has 0 saturated heterocycles. The fourth-order valence-corrected chi connectivity index (χ4v) is 12.1. The van der Waals surface area contributed by atoms with Gasteiger partial charge in [-0.25, -0.2) is 9.97 Å². The van der Waals surface area contributed by atoms with Crippen LogP contribution in [0.5, 0.6) is 40.2 Å². The molecular weight excluding hydrogens is 1130 g/mol. The van der Waals surface area contributed by atoms with Crippen LogP contribution in [0.3, 0.4) is 0 Å². The molecule has 0 fully saturated rings. The molecule has 5 heterocycles. The SMILES string of the molecule is CCCCCCC(CCC)Oc1ccc(-c2c3nc(c(-c4ccc(Oc5ccc([N+](C)(C)C)cc5)cc4)c4ccc([nH]4)c(-c4ccc(Oc5ccc([N+](C)(C)C)cc5)cc4)c4nc(c(-c5ccc(Oc6ccc([N+](C)(C)C)cc6)cc5)c5ccc2[nH]5)C=C4)C=C3)cc1. The summed E-state index contributed by atoms with van der Waals surface area (Å²) in [5.41, 5.74) is 18.1. The average molecular weight is 1220 g/mol.